The molecule has 0 unspecified atom stereocenters. The van der Waals surface area contributed by atoms with Gasteiger partial charge in [0, 0.05) is 32.2 Å². The molecule has 0 radical (unpaired) electrons. The van der Waals surface area contributed by atoms with Gasteiger partial charge in [-0.1, -0.05) is 34.5 Å². The fraction of sp³-hybridized carbons (Fsp3) is 0. The van der Waals surface area contributed by atoms with Crippen molar-refractivity contribution in [2.75, 3.05) is 0 Å². The quantitative estimate of drug-likeness (QED) is 0.318. The van der Waals surface area contributed by atoms with Crippen molar-refractivity contribution in [1.29, 1.82) is 0 Å². The van der Waals surface area contributed by atoms with E-state index in [0.717, 1.165) is 6.07 Å². The largest absolute Gasteiger partial charge is 0.295 e. The van der Waals surface area contributed by atoms with Gasteiger partial charge in [0.05, 0.1) is 11.3 Å². The molecule has 0 fully saturated rings. The van der Waals surface area contributed by atoms with Gasteiger partial charge >= 0.3 is 0 Å². The van der Waals surface area contributed by atoms with Crippen LogP contribution >= 0.6 is 0 Å². The molecule has 1 N–H and O–H groups in total. The zero-order chi connectivity index (χ0) is 19.1. The molecule has 2 aromatic rings. The van der Waals surface area contributed by atoms with Crippen LogP contribution in [0.2, 0.25) is 0 Å². The second-order valence-corrected chi connectivity index (χ2v) is 6.41. The number of hydrogen-bond donors (Lipinski definition) is 1. The molecule has 3 rings (SSSR count). The van der Waals surface area contributed by atoms with E-state index in [1.807, 2.05) is 0 Å². The third kappa shape index (κ3) is 2.48. The molecule has 0 aromatic heterocycles. The Labute approximate surface area is 144 Å². The number of nitrogens with zero attached hydrogens (tertiary/aromatic N) is 6. The minimum absolute atomic E-state index is 0.0229. The summed E-state index contributed by atoms with van der Waals surface area (Å²) in [6.45, 7) is 0. The van der Waals surface area contributed by atoms with E-state index in [1.54, 1.807) is 0 Å². The van der Waals surface area contributed by atoms with Crippen LogP contribution < -0.4 is 0 Å². The summed E-state index contributed by atoms with van der Waals surface area (Å²) in [4.78, 5) is 29.3. The number of benzene rings is 2. The third-order valence-electron chi connectivity index (χ3n) is 3.68. The maximum Gasteiger partial charge on any atom is 0.295 e. The van der Waals surface area contributed by atoms with E-state index >= 15 is 0 Å². The average molecular weight is 370 g/mol. The zero-order valence-electron chi connectivity index (χ0n) is 12.6. The van der Waals surface area contributed by atoms with Crippen LogP contribution in [-0.2, 0) is 10.1 Å². The summed E-state index contributed by atoms with van der Waals surface area (Å²) in [6.07, 6.45) is 0. The number of azide groups is 2. The highest BCUT2D eigenvalue weighted by molar-refractivity contribution is 7.86. The van der Waals surface area contributed by atoms with Crippen LogP contribution in [0.15, 0.2) is 45.5 Å². The number of carbonyl (C=O) groups excluding carboxylic acids is 2. The van der Waals surface area contributed by atoms with Crippen molar-refractivity contribution in [3.63, 3.8) is 0 Å². The minimum Gasteiger partial charge on any atom is -0.289 e. The van der Waals surface area contributed by atoms with E-state index in [4.69, 9.17) is 11.1 Å². The van der Waals surface area contributed by atoms with Crippen molar-refractivity contribution >= 4 is 33.1 Å². The van der Waals surface area contributed by atoms with Gasteiger partial charge in [-0.3, -0.25) is 14.1 Å². The number of fused-ring (bicyclic) bond motifs is 2. The molecule has 11 nitrogen and oxygen atoms in total. The van der Waals surface area contributed by atoms with Gasteiger partial charge in [0.25, 0.3) is 10.1 Å². The molecule has 0 bridgehead atoms. The molecule has 1 aliphatic carbocycles. The summed E-state index contributed by atoms with van der Waals surface area (Å²) >= 11 is 0. The first-order chi connectivity index (χ1) is 12.3. The van der Waals surface area contributed by atoms with Crippen molar-refractivity contribution in [2.24, 2.45) is 10.2 Å². The normalized spacial score (nSPS) is 12.5. The monoisotopic (exact) mass is 370 g/mol. The van der Waals surface area contributed by atoms with Gasteiger partial charge in [0.15, 0.2) is 11.6 Å². The topological polar surface area (TPSA) is 186 Å². The van der Waals surface area contributed by atoms with Crippen molar-refractivity contribution in [2.45, 2.75) is 4.90 Å². The highest BCUT2D eigenvalue weighted by Crippen LogP contribution is 2.43. The Kier molecular flexibility index (Phi) is 3.95. The smallest absolute Gasteiger partial charge is 0.289 e. The summed E-state index contributed by atoms with van der Waals surface area (Å²) in [6, 6.07) is 6.64. The van der Waals surface area contributed by atoms with Gasteiger partial charge in [0.2, 0.25) is 0 Å². The predicted molar refractivity (Wildman–Crippen MR) is 87.2 cm³/mol. The van der Waals surface area contributed by atoms with Gasteiger partial charge in [-0.15, -0.1) is 0 Å². The molecule has 0 saturated carbocycles. The van der Waals surface area contributed by atoms with Crippen molar-refractivity contribution in [3.05, 3.63) is 73.5 Å². The average Bonchev–Trinajstić information content (AvgIpc) is 2.59. The van der Waals surface area contributed by atoms with Crippen LogP contribution in [-0.4, -0.2) is 24.5 Å². The summed E-state index contributed by atoms with van der Waals surface area (Å²) in [5.41, 5.74) is 15.0. The Morgan fingerprint density at radius 3 is 2.04 bits per heavy atom. The Morgan fingerprint density at radius 2 is 1.50 bits per heavy atom. The van der Waals surface area contributed by atoms with Gasteiger partial charge < -0.3 is 0 Å². The molecule has 0 saturated heterocycles. The van der Waals surface area contributed by atoms with Crippen LogP contribution in [0.3, 0.4) is 0 Å². The zero-order valence-corrected chi connectivity index (χ0v) is 13.4. The summed E-state index contributed by atoms with van der Waals surface area (Å²) in [7, 11) is -5.12. The molecule has 0 aliphatic heterocycles. The van der Waals surface area contributed by atoms with Crippen molar-refractivity contribution in [1.82, 2.24) is 0 Å². The fourth-order valence-corrected chi connectivity index (χ4v) is 3.56. The minimum atomic E-state index is -5.12. The van der Waals surface area contributed by atoms with Gasteiger partial charge in [0.1, 0.15) is 4.90 Å². The van der Waals surface area contributed by atoms with Crippen molar-refractivity contribution in [3.8, 4) is 0 Å². The number of rotatable bonds is 3. The number of hydrogen-bond acceptors (Lipinski definition) is 6. The molecular weight excluding hydrogens is 364 g/mol. The SMILES string of the molecule is [N-]=[N+]=Nc1cc2c(c(S(=O)(=O)O)c1N=[N+]=[N-])C(=O)c1ccccc1C2=O. The molecule has 2 aromatic carbocycles. The first-order valence-electron chi connectivity index (χ1n) is 6.78. The predicted octanol–water partition coefficient (Wildman–Crippen LogP) is 3.59. The molecule has 0 spiro atoms. The lowest BCUT2D eigenvalue weighted by Gasteiger charge is -2.21. The molecule has 1 aliphatic rings. The second-order valence-electron chi connectivity index (χ2n) is 5.05. The summed E-state index contributed by atoms with van der Waals surface area (Å²) < 4.78 is 33.4. The van der Waals surface area contributed by atoms with Gasteiger partial charge in [-0.05, 0) is 17.1 Å². The molecule has 128 valence electrons. The van der Waals surface area contributed by atoms with E-state index in [0.29, 0.717) is 0 Å². The summed E-state index contributed by atoms with van der Waals surface area (Å²) in [5, 5.41) is 6.33. The van der Waals surface area contributed by atoms with Crippen LogP contribution in [0.25, 0.3) is 20.9 Å². The Hall–Kier alpha value is -3.69. The highest BCUT2D eigenvalue weighted by Gasteiger charge is 2.37. The highest BCUT2D eigenvalue weighted by atomic mass is 32.2. The van der Waals surface area contributed by atoms with Crippen molar-refractivity contribution < 1.29 is 22.6 Å². The number of ketones is 2. The van der Waals surface area contributed by atoms with E-state index in [-0.39, 0.29) is 16.7 Å². The van der Waals surface area contributed by atoms with Crippen LogP contribution in [0.1, 0.15) is 31.8 Å². The standard InChI is InChI=1S/C14H6N6O5S/c15-19-17-9-5-8-10(14(26(23,24)25)11(9)18-20-16)13(22)7-4-2-1-3-6(7)12(8)21/h1-5H,(H,23,24,25). The fourth-order valence-electron chi connectivity index (χ4n) is 2.71. The second kappa shape index (κ2) is 5.99. The lowest BCUT2D eigenvalue weighted by molar-refractivity contribution is 0.0976. The molecule has 12 heteroatoms. The van der Waals surface area contributed by atoms with Crippen LogP contribution in [0, 0.1) is 0 Å². The molecule has 0 atom stereocenters. The Morgan fingerprint density at radius 1 is 0.923 bits per heavy atom. The lowest BCUT2D eigenvalue weighted by atomic mass is 9.83. The molecule has 0 heterocycles. The third-order valence-corrected chi connectivity index (χ3v) is 4.59. The Bertz CT molecular complexity index is 1210. The van der Waals surface area contributed by atoms with E-state index < -0.39 is 43.5 Å². The summed E-state index contributed by atoms with van der Waals surface area (Å²) in [5.74, 6) is -1.56. The molecular formula is C14H6N6O5S. The lowest BCUT2D eigenvalue weighted by Crippen LogP contribution is -2.23. The van der Waals surface area contributed by atoms with Crippen LogP contribution in [0.5, 0.6) is 0 Å². The maximum absolute atomic E-state index is 12.8. The molecule has 26 heavy (non-hydrogen) atoms. The van der Waals surface area contributed by atoms with E-state index in [1.165, 1.54) is 24.3 Å². The molecule has 0 amide bonds. The Balaban J connectivity index is 2.57. The van der Waals surface area contributed by atoms with Crippen LogP contribution in [0.4, 0.5) is 11.4 Å². The van der Waals surface area contributed by atoms with Gasteiger partial charge in [-0.2, -0.15) is 8.42 Å². The first kappa shape index (κ1) is 17.1. The van der Waals surface area contributed by atoms with E-state index in [2.05, 4.69) is 20.1 Å². The first-order valence-corrected chi connectivity index (χ1v) is 8.22. The maximum atomic E-state index is 12.8. The van der Waals surface area contributed by atoms with E-state index in [9.17, 15) is 22.6 Å². The van der Waals surface area contributed by atoms with Gasteiger partial charge in [-0.25, -0.2) is 0 Å². The number of carbonyl (C=O) groups is 2.